The van der Waals surface area contributed by atoms with Gasteiger partial charge in [-0.2, -0.15) is 5.26 Å². The molecule has 0 fully saturated rings. The number of hydrogen-bond acceptors (Lipinski definition) is 3. The highest BCUT2D eigenvalue weighted by molar-refractivity contribution is 14.1. The van der Waals surface area contributed by atoms with E-state index in [1.165, 1.54) is 6.08 Å². The molecule has 0 aliphatic rings. The minimum absolute atomic E-state index is 0.0575. The SMILES string of the molecule is Cc1c(Cl)cccc1NC(=O)/C(C#N)=C\c1ccc(-c2ccc(I)cc2)o1. The van der Waals surface area contributed by atoms with Gasteiger partial charge in [0.05, 0.1) is 0 Å². The second-order valence-corrected chi connectivity index (χ2v) is 7.40. The number of carbonyl (C=O) groups is 1. The summed E-state index contributed by atoms with van der Waals surface area (Å²) in [6.07, 6.45) is 1.42. The standard InChI is InChI=1S/C21H14ClIN2O2/c1-13-18(22)3-2-4-19(13)25-21(26)15(12-24)11-17-9-10-20(27-17)14-5-7-16(23)8-6-14/h2-11H,1H3,(H,25,26)/b15-11-. The monoisotopic (exact) mass is 488 g/mol. The van der Waals surface area contributed by atoms with E-state index in [0.29, 0.717) is 22.2 Å². The fourth-order valence-corrected chi connectivity index (χ4v) is 2.96. The Morgan fingerprint density at radius 2 is 1.93 bits per heavy atom. The van der Waals surface area contributed by atoms with Crippen LogP contribution in [0.5, 0.6) is 0 Å². The predicted octanol–water partition coefficient (Wildman–Crippen LogP) is 6.06. The van der Waals surface area contributed by atoms with Crippen LogP contribution in [-0.4, -0.2) is 5.91 Å². The van der Waals surface area contributed by atoms with Crippen LogP contribution in [0.4, 0.5) is 5.69 Å². The summed E-state index contributed by atoms with van der Waals surface area (Å²) in [5.74, 6) is 0.578. The molecule has 0 saturated heterocycles. The lowest BCUT2D eigenvalue weighted by Crippen LogP contribution is -2.14. The highest BCUT2D eigenvalue weighted by Crippen LogP contribution is 2.25. The van der Waals surface area contributed by atoms with E-state index >= 15 is 0 Å². The van der Waals surface area contributed by atoms with Crippen molar-refractivity contribution in [3.05, 3.63) is 80.1 Å². The van der Waals surface area contributed by atoms with Crippen molar-refractivity contribution in [2.24, 2.45) is 0 Å². The largest absolute Gasteiger partial charge is 0.457 e. The van der Waals surface area contributed by atoms with Crippen molar-refractivity contribution in [2.75, 3.05) is 5.32 Å². The Labute approximate surface area is 175 Å². The minimum Gasteiger partial charge on any atom is -0.457 e. The molecule has 3 aromatic rings. The van der Waals surface area contributed by atoms with Gasteiger partial charge >= 0.3 is 0 Å². The molecule has 0 bridgehead atoms. The van der Waals surface area contributed by atoms with Crippen LogP contribution in [0.15, 0.2) is 64.6 Å². The van der Waals surface area contributed by atoms with Crippen LogP contribution >= 0.6 is 34.2 Å². The van der Waals surface area contributed by atoms with Crippen molar-refractivity contribution >= 4 is 51.9 Å². The zero-order chi connectivity index (χ0) is 19.4. The Bertz CT molecular complexity index is 1060. The Kier molecular flexibility index (Phi) is 5.99. The highest BCUT2D eigenvalue weighted by atomic mass is 127. The topological polar surface area (TPSA) is 66.0 Å². The lowest BCUT2D eigenvalue weighted by molar-refractivity contribution is -0.112. The molecule has 6 heteroatoms. The van der Waals surface area contributed by atoms with E-state index in [1.54, 1.807) is 31.2 Å². The molecular weight excluding hydrogens is 475 g/mol. The van der Waals surface area contributed by atoms with Crippen molar-refractivity contribution in [3.8, 4) is 17.4 Å². The van der Waals surface area contributed by atoms with Gasteiger partial charge in [-0.15, -0.1) is 0 Å². The van der Waals surface area contributed by atoms with Crippen LogP contribution < -0.4 is 5.32 Å². The number of nitrogens with zero attached hydrogens (tertiary/aromatic N) is 1. The van der Waals surface area contributed by atoms with E-state index in [9.17, 15) is 10.1 Å². The Hall–Kier alpha value is -2.56. The van der Waals surface area contributed by atoms with Crippen molar-refractivity contribution in [2.45, 2.75) is 6.92 Å². The number of anilines is 1. The van der Waals surface area contributed by atoms with Gasteiger partial charge in [0.2, 0.25) is 0 Å². The van der Waals surface area contributed by atoms with Gasteiger partial charge in [0.1, 0.15) is 23.2 Å². The summed E-state index contributed by atoms with van der Waals surface area (Å²) in [4.78, 5) is 12.4. The zero-order valence-corrected chi connectivity index (χ0v) is 17.2. The van der Waals surface area contributed by atoms with Crippen molar-refractivity contribution in [1.82, 2.24) is 0 Å². The van der Waals surface area contributed by atoms with Crippen molar-refractivity contribution in [3.63, 3.8) is 0 Å². The van der Waals surface area contributed by atoms with Gasteiger partial charge < -0.3 is 9.73 Å². The number of nitrogens with one attached hydrogen (secondary N) is 1. The molecule has 0 saturated carbocycles. The third-order valence-corrected chi connectivity index (χ3v) is 5.05. The molecule has 1 N–H and O–H groups in total. The van der Waals surface area contributed by atoms with Gasteiger partial charge in [0.15, 0.2) is 0 Å². The quantitative estimate of drug-likeness (QED) is 0.276. The molecule has 2 aromatic carbocycles. The summed E-state index contributed by atoms with van der Waals surface area (Å²) in [6.45, 7) is 1.80. The predicted molar refractivity (Wildman–Crippen MR) is 115 cm³/mol. The van der Waals surface area contributed by atoms with Crippen LogP contribution in [0.25, 0.3) is 17.4 Å². The second kappa shape index (κ2) is 8.42. The number of furan rings is 1. The lowest BCUT2D eigenvalue weighted by Gasteiger charge is -2.08. The molecule has 0 atom stereocenters. The first kappa shape index (κ1) is 19.2. The highest BCUT2D eigenvalue weighted by Gasteiger charge is 2.13. The number of hydrogen-bond donors (Lipinski definition) is 1. The normalized spacial score (nSPS) is 11.1. The van der Waals surface area contributed by atoms with Gasteiger partial charge in [0.25, 0.3) is 5.91 Å². The summed E-state index contributed by atoms with van der Waals surface area (Å²) in [6, 6.07) is 18.5. The third-order valence-electron chi connectivity index (χ3n) is 3.92. The van der Waals surface area contributed by atoms with E-state index in [0.717, 1.165) is 14.7 Å². The lowest BCUT2D eigenvalue weighted by atomic mass is 10.1. The van der Waals surface area contributed by atoms with Gasteiger partial charge in [-0.1, -0.05) is 29.8 Å². The van der Waals surface area contributed by atoms with Crippen molar-refractivity contribution < 1.29 is 9.21 Å². The van der Waals surface area contributed by atoms with E-state index in [4.69, 9.17) is 16.0 Å². The van der Waals surface area contributed by atoms with Crippen LogP contribution in [0, 0.1) is 21.8 Å². The number of rotatable bonds is 4. The van der Waals surface area contributed by atoms with Crippen LogP contribution in [-0.2, 0) is 4.79 Å². The van der Waals surface area contributed by atoms with E-state index in [-0.39, 0.29) is 5.57 Å². The van der Waals surface area contributed by atoms with Gasteiger partial charge in [0, 0.05) is 25.9 Å². The fraction of sp³-hybridized carbons (Fsp3) is 0.0476. The minimum atomic E-state index is -0.518. The molecule has 1 heterocycles. The average molecular weight is 489 g/mol. The maximum absolute atomic E-state index is 12.4. The fourth-order valence-electron chi connectivity index (χ4n) is 2.42. The summed E-state index contributed by atoms with van der Waals surface area (Å²) < 4.78 is 6.88. The second-order valence-electron chi connectivity index (χ2n) is 5.75. The first-order valence-electron chi connectivity index (χ1n) is 8.02. The Morgan fingerprint density at radius 1 is 1.19 bits per heavy atom. The molecule has 1 aromatic heterocycles. The molecule has 0 radical (unpaired) electrons. The van der Waals surface area contributed by atoms with E-state index in [1.807, 2.05) is 36.4 Å². The Balaban J connectivity index is 1.82. The zero-order valence-electron chi connectivity index (χ0n) is 14.3. The summed E-state index contributed by atoms with van der Waals surface area (Å²) >= 11 is 8.30. The van der Waals surface area contributed by atoms with Gasteiger partial charge in [-0.25, -0.2) is 0 Å². The van der Waals surface area contributed by atoms with Gasteiger partial charge in [-0.05, 0) is 71.5 Å². The summed E-state index contributed by atoms with van der Waals surface area (Å²) in [7, 11) is 0. The number of benzene rings is 2. The average Bonchev–Trinajstić information content (AvgIpc) is 3.12. The molecule has 134 valence electrons. The number of nitriles is 1. The Morgan fingerprint density at radius 3 is 2.63 bits per heavy atom. The molecule has 3 rings (SSSR count). The summed E-state index contributed by atoms with van der Waals surface area (Å²) in [5.41, 5.74) is 2.17. The van der Waals surface area contributed by atoms with Crippen molar-refractivity contribution in [1.29, 1.82) is 5.26 Å². The first-order chi connectivity index (χ1) is 13.0. The maximum Gasteiger partial charge on any atom is 0.266 e. The molecule has 0 aliphatic carbocycles. The summed E-state index contributed by atoms with van der Waals surface area (Å²) in [5, 5.41) is 12.6. The molecule has 0 spiro atoms. The van der Waals surface area contributed by atoms with Crippen LogP contribution in [0.3, 0.4) is 0 Å². The molecule has 27 heavy (non-hydrogen) atoms. The third kappa shape index (κ3) is 4.59. The van der Waals surface area contributed by atoms with Gasteiger partial charge in [-0.3, -0.25) is 4.79 Å². The smallest absolute Gasteiger partial charge is 0.266 e. The van der Waals surface area contributed by atoms with Crippen LogP contribution in [0.2, 0.25) is 5.02 Å². The van der Waals surface area contributed by atoms with E-state index < -0.39 is 5.91 Å². The number of amides is 1. The first-order valence-corrected chi connectivity index (χ1v) is 9.47. The molecule has 0 unspecified atom stereocenters. The van der Waals surface area contributed by atoms with Crippen LogP contribution in [0.1, 0.15) is 11.3 Å². The molecule has 0 aliphatic heterocycles. The molecular formula is C21H14ClIN2O2. The molecule has 4 nitrogen and oxygen atoms in total. The number of carbonyl (C=O) groups excluding carboxylic acids is 1. The van der Waals surface area contributed by atoms with E-state index in [2.05, 4.69) is 27.9 Å². The number of halogens is 2. The molecule has 1 amide bonds. The maximum atomic E-state index is 12.4.